The molecule has 28 heavy (non-hydrogen) atoms. The highest BCUT2D eigenvalue weighted by Crippen LogP contribution is 2.65. The van der Waals surface area contributed by atoms with Gasteiger partial charge in [-0.05, 0) is 42.2 Å². The molecule has 3 fully saturated rings. The highest BCUT2D eigenvalue weighted by Gasteiger charge is 2.67. The molecule has 7 heteroatoms. The molecular formula is C21H20N2O5. The van der Waals surface area contributed by atoms with Crippen molar-refractivity contribution >= 4 is 29.4 Å². The fourth-order valence-electron chi connectivity index (χ4n) is 5.21. The van der Waals surface area contributed by atoms with Gasteiger partial charge in [0.2, 0.25) is 11.8 Å². The lowest BCUT2D eigenvalue weighted by Crippen LogP contribution is -2.40. The first-order chi connectivity index (χ1) is 13.5. The Kier molecular flexibility index (Phi) is 3.86. The summed E-state index contributed by atoms with van der Waals surface area (Å²) in [6.07, 6.45) is 5.26. The molecule has 1 N–H and O–H groups in total. The van der Waals surface area contributed by atoms with Crippen LogP contribution in [0.1, 0.15) is 6.42 Å². The van der Waals surface area contributed by atoms with Gasteiger partial charge in [-0.2, -0.15) is 0 Å². The summed E-state index contributed by atoms with van der Waals surface area (Å²) < 4.78 is 4.97. The third-order valence-corrected chi connectivity index (χ3v) is 6.46. The number of benzene rings is 1. The van der Waals surface area contributed by atoms with E-state index >= 15 is 0 Å². The molecule has 1 aromatic rings. The Morgan fingerprint density at radius 3 is 2.21 bits per heavy atom. The molecule has 0 spiro atoms. The number of esters is 1. The van der Waals surface area contributed by atoms with Crippen LogP contribution in [0.5, 0.6) is 0 Å². The maximum atomic E-state index is 12.8. The largest absolute Gasteiger partial charge is 0.454 e. The molecule has 144 valence electrons. The summed E-state index contributed by atoms with van der Waals surface area (Å²) in [5.74, 6) is -1.17. The Balaban J connectivity index is 1.18. The van der Waals surface area contributed by atoms with E-state index < -0.39 is 25.0 Å². The van der Waals surface area contributed by atoms with E-state index in [9.17, 15) is 19.2 Å². The minimum atomic E-state index is -0.756. The Hall–Kier alpha value is -2.96. The van der Waals surface area contributed by atoms with Gasteiger partial charge in [0.1, 0.15) is 6.54 Å². The molecule has 0 aromatic heterocycles. The van der Waals surface area contributed by atoms with Gasteiger partial charge in [-0.3, -0.25) is 24.1 Å². The number of para-hydroxylation sites is 1. The monoisotopic (exact) mass is 380 g/mol. The second-order valence-corrected chi connectivity index (χ2v) is 7.99. The smallest absolute Gasteiger partial charge is 0.326 e. The fraction of sp³-hybridized carbons (Fsp3) is 0.429. The zero-order valence-electron chi connectivity index (χ0n) is 15.1. The zero-order chi connectivity index (χ0) is 19.4. The minimum Gasteiger partial charge on any atom is -0.454 e. The van der Waals surface area contributed by atoms with Crippen LogP contribution in [-0.2, 0) is 23.9 Å². The molecule has 2 saturated carbocycles. The van der Waals surface area contributed by atoms with Gasteiger partial charge in [0.15, 0.2) is 6.61 Å². The number of anilines is 1. The standard InChI is InChI=1S/C21H20N2O5/c24-16(22-11-4-2-1-3-5-11)10-28-17(25)9-23-20(26)18-12-6-7-13(15-8-14(12)15)19(18)21(23)27/h1-7,12-15,18-19H,8-10H2,(H,22,24)/t12-,13-,14-,15+,18-,19+/m0/s1. The number of imide groups is 1. The van der Waals surface area contributed by atoms with Crippen molar-refractivity contribution in [3.8, 4) is 0 Å². The second-order valence-electron chi connectivity index (χ2n) is 7.99. The van der Waals surface area contributed by atoms with Crippen molar-refractivity contribution in [2.24, 2.45) is 35.5 Å². The summed E-state index contributed by atoms with van der Waals surface area (Å²) in [5.41, 5.74) is 0.596. The molecule has 5 aliphatic rings. The Morgan fingerprint density at radius 2 is 1.61 bits per heavy atom. The molecule has 0 radical (unpaired) electrons. The maximum Gasteiger partial charge on any atom is 0.326 e. The number of carbonyl (C=O) groups excluding carboxylic acids is 4. The van der Waals surface area contributed by atoms with Gasteiger partial charge in [0.25, 0.3) is 5.91 Å². The van der Waals surface area contributed by atoms with Crippen LogP contribution < -0.4 is 5.32 Å². The van der Waals surface area contributed by atoms with E-state index in [1.165, 1.54) is 0 Å². The van der Waals surface area contributed by atoms with Crippen molar-refractivity contribution in [1.82, 2.24) is 4.90 Å². The van der Waals surface area contributed by atoms with Crippen molar-refractivity contribution in [3.05, 3.63) is 42.5 Å². The van der Waals surface area contributed by atoms with E-state index in [0.717, 1.165) is 11.3 Å². The van der Waals surface area contributed by atoms with E-state index in [1.54, 1.807) is 24.3 Å². The first-order valence-electron chi connectivity index (χ1n) is 9.58. The lowest BCUT2D eigenvalue weighted by Gasteiger charge is -2.37. The van der Waals surface area contributed by atoms with Crippen molar-refractivity contribution in [2.75, 3.05) is 18.5 Å². The van der Waals surface area contributed by atoms with E-state index in [0.29, 0.717) is 17.5 Å². The van der Waals surface area contributed by atoms with Crippen LogP contribution in [0.3, 0.4) is 0 Å². The number of likely N-dealkylation sites (tertiary alicyclic amines) is 1. The van der Waals surface area contributed by atoms with Crippen molar-refractivity contribution < 1.29 is 23.9 Å². The van der Waals surface area contributed by atoms with E-state index in [-0.39, 0.29) is 35.5 Å². The van der Waals surface area contributed by atoms with E-state index in [4.69, 9.17) is 4.74 Å². The average molecular weight is 380 g/mol. The SMILES string of the molecule is O=C(COC(=O)CN1C(=O)[C@@H]2[C@H]3C=C[C@@H]([C@@H]4C[C@H]34)[C@@H]2C1=O)Nc1ccccc1. The summed E-state index contributed by atoms with van der Waals surface area (Å²) in [5, 5.41) is 2.61. The number of rotatable bonds is 5. The summed E-state index contributed by atoms with van der Waals surface area (Å²) >= 11 is 0. The van der Waals surface area contributed by atoms with Gasteiger partial charge in [-0.1, -0.05) is 30.4 Å². The van der Waals surface area contributed by atoms with E-state index in [2.05, 4.69) is 17.5 Å². The van der Waals surface area contributed by atoms with Crippen LogP contribution >= 0.6 is 0 Å². The number of ether oxygens (including phenoxy) is 1. The summed E-state index contributed by atoms with van der Waals surface area (Å²) in [7, 11) is 0. The second kappa shape index (κ2) is 6.29. The predicted octanol–water partition coefficient (Wildman–Crippen LogP) is 1.22. The Labute approximate surface area is 161 Å². The molecule has 6 rings (SSSR count). The third-order valence-electron chi connectivity index (χ3n) is 6.46. The molecule has 1 aliphatic heterocycles. The normalized spacial score (nSPS) is 34.1. The summed E-state index contributed by atoms with van der Waals surface area (Å²) in [6.45, 7) is -0.897. The van der Waals surface area contributed by atoms with E-state index in [1.807, 2.05) is 6.07 Å². The van der Waals surface area contributed by atoms with Gasteiger partial charge in [-0.15, -0.1) is 0 Å². The summed E-state index contributed by atoms with van der Waals surface area (Å²) in [6, 6.07) is 8.81. The number of nitrogens with zero attached hydrogens (tertiary/aromatic N) is 1. The zero-order valence-corrected chi connectivity index (χ0v) is 15.1. The van der Waals surface area contributed by atoms with Crippen molar-refractivity contribution in [3.63, 3.8) is 0 Å². The van der Waals surface area contributed by atoms with Gasteiger partial charge < -0.3 is 10.1 Å². The molecule has 1 aromatic carbocycles. The van der Waals surface area contributed by atoms with Crippen molar-refractivity contribution in [1.29, 1.82) is 0 Å². The van der Waals surface area contributed by atoms with Gasteiger partial charge >= 0.3 is 5.97 Å². The maximum absolute atomic E-state index is 12.8. The van der Waals surface area contributed by atoms with Crippen molar-refractivity contribution in [2.45, 2.75) is 6.42 Å². The van der Waals surface area contributed by atoms with Gasteiger partial charge in [0, 0.05) is 5.69 Å². The van der Waals surface area contributed by atoms with Crippen LogP contribution in [0, 0.1) is 35.5 Å². The molecule has 1 heterocycles. The molecule has 3 amide bonds. The van der Waals surface area contributed by atoms with Gasteiger partial charge in [0.05, 0.1) is 11.8 Å². The number of hydrogen-bond donors (Lipinski definition) is 1. The topological polar surface area (TPSA) is 92.8 Å². The molecule has 6 atom stereocenters. The summed E-state index contributed by atoms with van der Waals surface area (Å²) in [4.78, 5) is 50.7. The fourth-order valence-corrected chi connectivity index (χ4v) is 5.21. The first-order valence-corrected chi connectivity index (χ1v) is 9.58. The average Bonchev–Trinajstić information content (AvgIpc) is 3.48. The van der Waals surface area contributed by atoms with Crippen LogP contribution in [-0.4, -0.2) is 41.7 Å². The minimum absolute atomic E-state index is 0.120. The molecular weight excluding hydrogens is 360 g/mol. The first kappa shape index (κ1) is 17.2. The molecule has 7 nitrogen and oxygen atoms in total. The lowest BCUT2D eigenvalue weighted by molar-refractivity contribution is -0.154. The third kappa shape index (κ3) is 2.65. The number of nitrogens with one attached hydrogen (secondary N) is 1. The quantitative estimate of drug-likeness (QED) is 0.471. The predicted molar refractivity (Wildman–Crippen MR) is 97.4 cm³/mol. The molecule has 2 bridgehead atoms. The number of allylic oxidation sites excluding steroid dienone is 2. The Morgan fingerprint density at radius 1 is 1.00 bits per heavy atom. The van der Waals surface area contributed by atoms with Gasteiger partial charge in [-0.25, -0.2) is 0 Å². The van der Waals surface area contributed by atoms with Crippen LogP contribution in [0.15, 0.2) is 42.5 Å². The highest BCUT2D eigenvalue weighted by atomic mass is 16.5. The number of amides is 3. The molecule has 1 saturated heterocycles. The Bertz CT molecular complexity index is 859. The van der Waals surface area contributed by atoms with Crippen LogP contribution in [0.25, 0.3) is 0 Å². The van der Waals surface area contributed by atoms with Crippen LogP contribution in [0.2, 0.25) is 0 Å². The number of carbonyl (C=O) groups is 4. The number of hydrogen-bond acceptors (Lipinski definition) is 5. The molecule has 4 aliphatic carbocycles. The lowest BCUT2D eigenvalue weighted by atomic mass is 9.63. The highest BCUT2D eigenvalue weighted by molar-refractivity contribution is 6.08. The van der Waals surface area contributed by atoms with Crippen LogP contribution in [0.4, 0.5) is 5.69 Å². The molecule has 0 unspecified atom stereocenters.